The molecule has 2 heteroatoms. The van der Waals surface area contributed by atoms with Gasteiger partial charge in [-0.1, -0.05) is 69.6 Å². The van der Waals surface area contributed by atoms with Crippen LogP contribution in [0.4, 0.5) is 0 Å². The van der Waals surface area contributed by atoms with Crippen LogP contribution in [0.5, 0.6) is 0 Å². The molecule has 1 N–H and O–H groups in total. The molecule has 0 radical (unpaired) electrons. The molecular formula is C18H29NO. The largest absolute Gasteiger partial charge is 0.352 e. The fourth-order valence-electron chi connectivity index (χ4n) is 2.35. The van der Waals surface area contributed by atoms with Crippen LogP contribution in [0.3, 0.4) is 0 Å². The second-order valence-electron chi connectivity index (χ2n) is 5.60. The van der Waals surface area contributed by atoms with Crippen LogP contribution in [0.1, 0.15) is 74.2 Å². The summed E-state index contributed by atoms with van der Waals surface area (Å²) in [5, 5.41) is 3.00. The van der Waals surface area contributed by atoms with E-state index in [1.54, 1.807) is 0 Å². The second kappa shape index (κ2) is 10.5. The fraction of sp³-hybridized carbons (Fsp3) is 0.611. The number of unbranched alkanes of at least 4 members (excludes halogenated alkanes) is 7. The maximum Gasteiger partial charge on any atom is 0.251 e. The van der Waals surface area contributed by atoms with Crippen molar-refractivity contribution < 1.29 is 4.79 Å². The van der Waals surface area contributed by atoms with Gasteiger partial charge in [-0.2, -0.15) is 0 Å². The molecule has 0 saturated carbocycles. The lowest BCUT2D eigenvalue weighted by molar-refractivity contribution is 0.0953. The highest BCUT2D eigenvalue weighted by Crippen LogP contribution is 2.08. The van der Waals surface area contributed by atoms with Gasteiger partial charge in [-0.3, -0.25) is 4.79 Å². The first-order valence-electron chi connectivity index (χ1n) is 8.09. The predicted molar refractivity (Wildman–Crippen MR) is 86.1 cm³/mol. The van der Waals surface area contributed by atoms with Crippen LogP contribution in [-0.2, 0) is 0 Å². The Morgan fingerprint density at radius 1 is 1.00 bits per heavy atom. The highest BCUT2D eigenvalue weighted by atomic mass is 16.1. The molecular weight excluding hydrogens is 246 g/mol. The van der Waals surface area contributed by atoms with Gasteiger partial charge in [-0.05, 0) is 25.5 Å². The van der Waals surface area contributed by atoms with E-state index in [0.29, 0.717) is 0 Å². The highest BCUT2D eigenvalue weighted by Gasteiger charge is 2.03. The number of nitrogens with one attached hydrogen (secondary N) is 1. The number of aryl methyl sites for hydroxylation is 1. The monoisotopic (exact) mass is 275 g/mol. The topological polar surface area (TPSA) is 29.1 Å². The van der Waals surface area contributed by atoms with Gasteiger partial charge in [0.05, 0.1) is 0 Å². The summed E-state index contributed by atoms with van der Waals surface area (Å²) in [6.45, 7) is 5.05. The first-order chi connectivity index (χ1) is 9.74. The minimum Gasteiger partial charge on any atom is -0.352 e. The molecule has 20 heavy (non-hydrogen) atoms. The minimum absolute atomic E-state index is 0.0524. The summed E-state index contributed by atoms with van der Waals surface area (Å²) in [6.07, 6.45) is 10.4. The molecule has 0 bridgehead atoms. The van der Waals surface area contributed by atoms with Gasteiger partial charge >= 0.3 is 0 Å². The molecule has 0 fully saturated rings. The molecule has 1 aromatic rings. The molecule has 0 heterocycles. The third-order valence-corrected chi connectivity index (χ3v) is 3.60. The number of carbonyl (C=O) groups excluding carboxylic acids is 1. The molecule has 0 unspecified atom stereocenters. The van der Waals surface area contributed by atoms with E-state index < -0.39 is 0 Å². The number of carbonyl (C=O) groups is 1. The molecule has 0 spiro atoms. The van der Waals surface area contributed by atoms with E-state index in [9.17, 15) is 4.79 Å². The molecule has 0 aliphatic heterocycles. The Morgan fingerprint density at radius 2 is 1.65 bits per heavy atom. The number of rotatable bonds is 10. The van der Waals surface area contributed by atoms with Crippen LogP contribution in [0.2, 0.25) is 0 Å². The summed E-state index contributed by atoms with van der Waals surface area (Å²) in [7, 11) is 0. The fourth-order valence-corrected chi connectivity index (χ4v) is 2.35. The van der Waals surface area contributed by atoms with E-state index in [2.05, 4.69) is 12.2 Å². The quantitative estimate of drug-likeness (QED) is 0.607. The summed E-state index contributed by atoms with van der Waals surface area (Å²) < 4.78 is 0. The average Bonchev–Trinajstić information content (AvgIpc) is 2.45. The highest BCUT2D eigenvalue weighted by molar-refractivity contribution is 5.94. The van der Waals surface area contributed by atoms with Crippen molar-refractivity contribution in [3.05, 3.63) is 35.4 Å². The standard InChI is InChI=1S/C18H29NO/c1-3-4-5-6-7-8-9-10-14-19-18(20)17-13-11-12-16(2)15-17/h11-13,15H,3-10,14H2,1-2H3,(H,19,20). The zero-order valence-electron chi connectivity index (χ0n) is 13.1. The van der Waals surface area contributed by atoms with Crippen LogP contribution < -0.4 is 5.32 Å². The first-order valence-corrected chi connectivity index (χ1v) is 8.09. The van der Waals surface area contributed by atoms with Crippen molar-refractivity contribution in [3.8, 4) is 0 Å². The van der Waals surface area contributed by atoms with Crippen molar-refractivity contribution in [2.75, 3.05) is 6.54 Å². The summed E-state index contributed by atoms with van der Waals surface area (Å²) >= 11 is 0. The van der Waals surface area contributed by atoms with Crippen molar-refractivity contribution in [1.82, 2.24) is 5.32 Å². The summed E-state index contributed by atoms with van der Waals surface area (Å²) in [6, 6.07) is 7.75. The van der Waals surface area contributed by atoms with Gasteiger partial charge in [-0.25, -0.2) is 0 Å². The maximum atomic E-state index is 11.9. The Bertz CT molecular complexity index is 387. The Balaban J connectivity index is 2.02. The maximum absolute atomic E-state index is 11.9. The Kier molecular flexibility index (Phi) is 8.77. The van der Waals surface area contributed by atoms with E-state index in [1.807, 2.05) is 31.2 Å². The lowest BCUT2D eigenvalue weighted by Crippen LogP contribution is -2.24. The molecule has 0 atom stereocenters. The summed E-state index contributed by atoms with van der Waals surface area (Å²) in [4.78, 5) is 11.9. The molecule has 0 saturated heterocycles. The van der Waals surface area contributed by atoms with Gasteiger partial charge in [0.15, 0.2) is 0 Å². The van der Waals surface area contributed by atoms with Gasteiger partial charge in [-0.15, -0.1) is 0 Å². The number of hydrogen-bond acceptors (Lipinski definition) is 1. The van der Waals surface area contributed by atoms with Gasteiger partial charge in [0.1, 0.15) is 0 Å². The van der Waals surface area contributed by atoms with E-state index in [0.717, 1.165) is 24.1 Å². The van der Waals surface area contributed by atoms with Crippen LogP contribution in [0, 0.1) is 6.92 Å². The van der Waals surface area contributed by atoms with Crippen LogP contribution in [0.15, 0.2) is 24.3 Å². The SMILES string of the molecule is CCCCCCCCCCNC(=O)c1cccc(C)c1. The third kappa shape index (κ3) is 7.32. The molecule has 1 rings (SSSR count). The zero-order valence-corrected chi connectivity index (χ0v) is 13.1. The lowest BCUT2D eigenvalue weighted by Gasteiger charge is -2.06. The predicted octanol–water partition coefficient (Wildman–Crippen LogP) is 4.87. The number of hydrogen-bond donors (Lipinski definition) is 1. The number of benzene rings is 1. The van der Waals surface area contributed by atoms with Gasteiger partial charge < -0.3 is 5.32 Å². The average molecular weight is 275 g/mol. The third-order valence-electron chi connectivity index (χ3n) is 3.60. The van der Waals surface area contributed by atoms with E-state index >= 15 is 0 Å². The Labute approximate surface area is 124 Å². The second-order valence-corrected chi connectivity index (χ2v) is 5.60. The van der Waals surface area contributed by atoms with Crippen molar-refractivity contribution in [1.29, 1.82) is 0 Å². The Hall–Kier alpha value is -1.31. The minimum atomic E-state index is 0.0524. The van der Waals surface area contributed by atoms with Crippen molar-refractivity contribution >= 4 is 5.91 Å². The smallest absolute Gasteiger partial charge is 0.251 e. The van der Waals surface area contributed by atoms with Gasteiger partial charge in [0, 0.05) is 12.1 Å². The molecule has 2 nitrogen and oxygen atoms in total. The van der Waals surface area contributed by atoms with Crippen molar-refractivity contribution in [3.63, 3.8) is 0 Å². The molecule has 0 aromatic heterocycles. The van der Waals surface area contributed by atoms with E-state index in [4.69, 9.17) is 0 Å². The van der Waals surface area contributed by atoms with Crippen molar-refractivity contribution in [2.45, 2.75) is 65.2 Å². The van der Waals surface area contributed by atoms with E-state index in [-0.39, 0.29) is 5.91 Å². The van der Waals surface area contributed by atoms with Gasteiger partial charge in [0.2, 0.25) is 0 Å². The molecule has 0 aliphatic carbocycles. The molecule has 112 valence electrons. The molecule has 0 aliphatic rings. The summed E-state index contributed by atoms with van der Waals surface area (Å²) in [5.74, 6) is 0.0524. The number of amides is 1. The van der Waals surface area contributed by atoms with Gasteiger partial charge in [0.25, 0.3) is 5.91 Å². The van der Waals surface area contributed by atoms with Crippen molar-refractivity contribution in [2.24, 2.45) is 0 Å². The zero-order chi connectivity index (χ0) is 14.6. The molecule has 1 aromatic carbocycles. The normalized spacial score (nSPS) is 10.5. The molecule has 1 amide bonds. The Morgan fingerprint density at radius 3 is 2.30 bits per heavy atom. The van der Waals surface area contributed by atoms with E-state index in [1.165, 1.54) is 44.9 Å². The van der Waals surface area contributed by atoms with Crippen LogP contribution >= 0.6 is 0 Å². The summed E-state index contributed by atoms with van der Waals surface area (Å²) in [5.41, 5.74) is 1.90. The lowest BCUT2D eigenvalue weighted by atomic mass is 10.1. The van der Waals surface area contributed by atoms with Crippen LogP contribution in [0.25, 0.3) is 0 Å². The van der Waals surface area contributed by atoms with Crippen LogP contribution in [-0.4, -0.2) is 12.5 Å². The first kappa shape index (κ1) is 16.7.